The van der Waals surface area contributed by atoms with Crippen LogP contribution in [-0.2, 0) is 19.9 Å². The molecule has 2 aromatic carbocycles. The van der Waals surface area contributed by atoms with E-state index in [1.165, 1.54) is 24.3 Å². The van der Waals surface area contributed by atoms with Gasteiger partial charge < -0.3 is 0 Å². The summed E-state index contributed by atoms with van der Waals surface area (Å²) in [5, 5.41) is 4.00. The summed E-state index contributed by atoms with van der Waals surface area (Å²) >= 11 is 11.7. The molecule has 2 N–H and O–H groups in total. The summed E-state index contributed by atoms with van der Waals surface area (Å²) in [6, 6.07) is 8.05. The van der Waals surface area contributed by atoms with Gasteiger partial charge in [0.05, 0.1) is 15.9 Å². The number of hydrogen-bond acceptors (Lipinski definition) is 4. The second kappa shape index (κ2) is 10.6. The molecule has 0 aliphatic rings. The van der Waals surface area contributed by atoms with Crippen molar-refractivity contribution in [3.63, 3.8) is 0 Å². The third-order valence-corrected chi connectivity index (χ3v) is 8.92. The van der Waals surface area contributed by atoms with Crippen LogP contribution >= 0.6 is 23.2 Å². The number of rotatable bonds is 10. The maximum Gasteiger partial charge on any atom is 0.209 e. The van der Waals surface area contributed by atoms with Gasteiger partial charge in [0.25, 0.3) is 0 Å². The van der Waals surface area contributed by atoms with Crippen LogP contribution in [0.25, 0.3) is 0 Å². The minimum absolute atomic E-state index is 0.00603. The van der Waals surface area contributed by atoms with E-state index in [-0.39, 0.29) is 34.9 Å². The molecule has 11 heteroatoms. The summed E-state index contributed by atoms with van der Waals surface area (Å²) in [6.45, 7) is 1.59. The van der Waals surface area contributed by atoms with Crippen molar-refractivity contribution in [1.29, 1.82) is 0 Å². The zero-order chi connectivity index (χ0) is 23.4. The van der Waals surface area contributed by atoms with Gasteiger partial charge in [0.15, 0.2) is 9.84 Å². The van der Waals surface area contributed by atoms with Crippen molar-refractivity contribution in [2.45, 2.75) is 29.9 Å². The van der Waals surface area contributed by atoms with E-state index in [0.29, 0.717) is 5.02 Å². The Morgan fingerprint density at radius 1 is 1.00 bits per heavy atom. The number of nitrogens with two attached hydrogens (primary N) is 1. The minimum atomic E-state index is -4.14. The molecule has 5 nitrogen and oxygen atoms in total. The van der Waals surface area contributed by atoms with Crippen molar-refractivity contribution < 1.29 is 25.6 Å². The lowest BCUT2D eigenvalue weighted by Crippen LogP contribution is -2.26. The Balaban J connectivity index is 2.44. The van der Waals surface area contributed by atoms with Crippen LogP contribution in [0, 0.1) is 23.5 Å². The average molecular weight is 514 g/mol. The smallest absolute Gasteiger partial charge is 0.209 e. The molecule has 0 bridgehead atoms. The lowest BCUT2D eigenvalue weighted by Gasteiger charge is -2.26. The van der Waals surface area contributed by atoms with Crippen molar-refractivity contribution in [1.82, 2.24) is 0 Å². The van der Waals surface area contributed by atoms with Gasteiger partial charge in [-0.1, -0.05) is 18.5 Å². The molecular formula is C20H23Cl2F2NO4S2. The highest BCUT2D eigenvalue weighted by Crippen LogP contribution is 2.39. The maximum atomic E-state index is 14.6. The van der Waals surface area contributed by atoms with Gasteiger partial charge in [-0.25, -0.2) is 30.8 Å². The molecule has 0 saturated heterocycles. The molecule has 0 spiro atoms. The van der Waals surface area contributed by atoms with E-state index in [2.05, 4.69) is 0 Å². The molecule has 0 aliphatic heterocycles. The Hall–Kier alpha value is -1.26. The molecule has 0 radical (unpaired) electrons. The van der Waals surface area contributed by atoms with Gasteiger partial charge in [0, 0.05) is 16.5 Å². The fourth-order valence-electron chi connectivity index (χ4n) is 3.47. The maximum absolute atomic E-state index is 14.6. The van der Waals surface area contributed by atoms with Crippen molar-refractivity contribution in [2.75, 3.05) is 11.6 Å². The topological polar surface area (TPSA) is 94.3 Å². The predicted octanol–water partition coefficient (Wildman–Crippen LogP) is 4.69. The SMILES string of the molecule is CC(CCC(CCl)CS(N)(=O)=O)C(c1cc(F)ccc1F)S(=O)(=O)c1ccc(Cl)cc1. The molecule has 2 rings (SSSR count). The summed E-state index contributed by atoms with van der Waals surface area (Å²) in [4.78, 5) is -0.0872. The van der Waals surface area contributed by atoms with Crippen LogP contribution in [-0.4, -0.2) is 28.5 Å². The van der Waals surface area contributed by atoms with Crippen molar-refractivity contribution >= 4 is 43.1 Å². The molecule has 2 aromatic rings. The number of alkyl halides is 1. The monoisotopic (exact) mass is 513 g/mol. The number of hydrogen-bond donors (Lipinski definition) is 1. The third-order valence-electron chi connectivity index (χ3n) is 4.97. The second-order valence-electron chi connectivity index (χ2n) is 7.49. The summed E-state index contributed by atoms with van der Waals surface area (Å²) < 4.78 is 78.1. The standard InChI is InChI=1S/C20H23Cl2F2NO4S2/c1-13(2-3-14(11-21)12-30(25,26)27)20(18-10-16(23)6-9-19(18)24)31(28,29)17-7-4-15(22)5-8-17/h4-10,13-14,20H,2-3,11-12H2,1H3,(H2,25,26,27). The van der Waals surface area contributed by atoms with Crippen LogP contribution in [0.3, 0.4) is 0 Å². The first-order valence-electron chi connectivity index (χ1n) is 9.36. The summed E-state index contributed by atoms with van der Waals surface area (Å²) in [5.41, 5.74) is -0.295. The van der Waals surface area contributed by atoms with E-state index in [9.17, 15) is 25.6 Å². The lowest BCUT2D eigenvalue weighted by atomic mass is 9.92. The zero-order valence-corrected chi connectivity index (χ0v) is 19.8. The molecule has 0 heterocycles. The van der Waals surface area contributed by atoms with E-state index in [1.807, 2.05) is 0 Å². The molecule has 3 atom stereocenters. The highest BCUT2D eigenvalue weighted by atomic mass is 35.5. The number of sulfone groups is 1. The number of primary sulfonamides is 1. The van der Waals surface area contributed by atoms with Crippen LogP contribution in [0.2, 0.25) is 5.02 Å². The summed E-state index contributed by atoms with van der Waals surface area (Å²) in [6.07, 6.45) is 0.436. The van der Waals surface area contributed by atoms with E-state index in [4.69, 9.17) is 28.3 Å². The summed E-state index contributed by atoms with van der Waals surface area (Å²) in [7, 11) is -7.91. The molecule has 172 valence electrons. The first-order chi connectivity index (χ1) is 14.3. The first kappa shape index (κ1) is 26.0. The minimum Gasteiger partial charge on any atom is -0.229 e. The normalized spacial score (nSPS) is 15.4. The van der Waals surface area contributed by atoms with Crippen LogP contribution in [0.1, 0.15) is 30.6 Å². The Morgan fingerprint density at radius 2 is 1.61 bits per heavy atom. The van der Waals surface area contributed by atoms with E-state index in [1.54, 1.807) is 6.92 Å². The van der Waals surface area contributed by atoms with Crippen LogP contribution in [0.5, 0.6) is 0 Å². The fraction of sp³-hybridized carbons (Fsp3) is 0.400. The average Bonchev–Trinajstić information content (AvgIpc) is 2.67. The van der Waals surface area contributed by atoms with Gasteiger partial charge in [-0.15, -0.1) is 11.6 Å². The van der Waals surface area contributed by atoms with Crippen LogP contribution in [0.4, 0.5) is 8.78 Å². The van der Waals surface area contributed by atoms with E-state index in [0.717, 1.165) is 18.2 Å². The van der Waals surface area contributed by atoms with Gasteiger partial charge in [0.2, 0.25) is 10.0 Å². The Bertz CT molecular complexity index is 1110. The van der Waals surface area contributed by atoms with Crippen LogP contribution < -0.4 is 5.14 Å². The van der Waals surface area contributed by atoms with Crippen molar-refractivity contribution in [3.05, 3.63) is 64.7 Å². The van der Waals surface area contributed by atoms with Crippen molar-refractivity contribution in [2.24, 2.45) is 17.0 Å². The number of sulfonamides is 1. The van der Waals surface area contributed by atoms with Gasteiger partial charge in [-0.05, 0) is 67.1 Å². The van der Waals surface area contributed by atoms with Gasteiger partial charge >= 0.3 is 0 Å². The summed E-state index contributed by atoms with van der Waals surface area (Å²) in [5.74, 6) is -3.17. The lowest BCUT2D eigenvalue weighted by molar-refractivity contribution is 0.422. The molecule has 0 aliphatic carbocycles. The third kappa shape index (κ3) is 7.12. The predicted molar refractivity (Wildman–Crippen MR) is 118 cm³/mol. The largest absolute Gasteiger partial charge is 0.229 e. The molecule has 31 heavy (non-hydrogen) atoms. The molecule has 0 amide bonds. The highest BCUT2D eigenvalue weighted by molar-refractivity contribution is 7.91. The molecule has 0 saturated carbocycles. The molecule has 3 unspecified atom stereocenters. The first-order valence-corrected chi connectivity index (χ1v) is 13.5. The van der Waals surface area contributed by atoms with Crippen molar-refractivity contribution in [3.8, 4) is 0 Å². The Morgan fingerprint density at radius 3 is 2.16 bits per heavy atom. The van der Waals surface area contributed by atoms with E-state index < -0.39 is 48.6 Å². The van der Waals surface area contributed by atoms with E-state index >= 15 is 0 Å². The Kier molecular flexibility index (Phi) is 8.86. The van der Waals surface area contributed by atoms with Gasteiger partial charge in [0.1, 0.15) is 11.6 Å². The highest BCUT2D eigenvalue weighted by Gasteiger charge is 2.36. The number of halogens is 4. The second-order valence-corrected chi connectivity index (χ2v) is 12.0. The fourth-order valence-corrected chi connectivity index (χ4v) is 7.00. The molecule has 0 aromatic heterocycles. The molecular weight excluding hydrogens is 491 g/mol. The molecule has 0 fully saturated rings. The Labute approximate surface area is 191 Å². The van der Waals surface area contributed by atoms with Gasteiger partial charge in [-0.2, -0.15) is 0 Å². The quantitative estimate of drug-likeness (QED) is 0.466. The van der Waals surface area contributed by atoms with Crippen LogP contribution in [0.15, 0.2) is 47.4 Å². The zero-order valence-electron chi connectivity index (χ0n) is 16.6. The van der Waals surface area contributed by atoms with Gasteiger partial charge in [-0.3, -0.25) is 0 Å². The number of benzene rings is 2.